The third kappa shape index (κ3) is 4.32. The van der Waals surface area contributed by atoms with Gasteiger partial charge < -0.3 is 15.4 Å². The van der Waals surface area contributed by atoms with Crippen LogP contribution in [0.2, 0.25) is 0 Å². The molecule has 0 aliphatic heterocycles. The molecule has 0 saturated heterocycles. The van der Waals surface area contributed by atoms with E-state index < -0.39 is 0 Å². The number of nitrogens with one attached hydrogen (secondary N) is 2. The average molecular weight is 338 g/mol. The summed E-state index contributed by atoms with van der Waals surface area (Å²) in [5, 5.41) is 5.92. The van der Waals surface area contributed by atoms with E-state index in [0.717, 1.165) is 12.8 Å². The molecule has 4 nitrogen and oxygen atoms in total. The molecule has 0 heterocycles. The van der Waals surface area contributed by atoms with Gasteiger partial charge in [0.15, 0.2) is 0 Å². The highest BCUT2D eigenvalue weighted by Gasteiger charge is 2.44. The second-order valence-corrected chi connectivity index (χ2v) is 7.12. The van der Waals surface area contributed by atoms with Crippen molar-refractivity contribution in [3.63, 3.8) is 0 Å². The van der Waals surface area contributed by atoms with Gasteiger partial charge in [-0.1, -0.05) is 42.0 Å². The summed E-state index contributed by atoms with van der Waals surface area (Å²) in [6, 6.07) is 15.9. The van der Waals surface area contributed by atoms with Crippen LogP contribution in [0.15, 0.2) is 48.5 Å². The minimum absolute atomic E-state index is 0.0577. The van der Waals surface area contributed by atoms with Gasteiger partial charge in [0.2, 0.25) is 0 Å². The van der Waals surface area contributed by atoms with Crippen molar-refractivity contribution in [3.8, 4) is 5.75 Å². The predicted molar refractivity (Wildman–Crippen MR) is 101 cm³/mol. The molecule has 4 heteroatoms. The van der Waals surface area contributed by atoms with Crippen LogP contribution in [0.1, 0.15) is 37.8 Å². The van der Waals surface area contributed by atoms with Gasteiger partial charge in [-0.2, -0.15) is 0 Å². The van der Waals surface area contributed by atoms with Crippen molar-refractivity contribution in [2.24, 2.45) is 0 Å². The van der Waals surface area contributed by atoms with E-state index in [2.05, 4.69) is 41.8 Å². The van der Waals surface area contributed by atoms with Crippen LogP contribution < -0.4 is 15.4 Å². The maximum atomic E-state index is 12.3. The number of aryl methyl sites for hydroxylation is 1. The lowest BCUT2D eigenvalue weighted by Crippen LogP contribution is -2.35. The van der Waals surface area contributed by atoms with Crippen LogP contribution in [0.25, 0.3) is 0 Å². The summed E-state index contributed by atoms with van der Waals surface area (Å²) in [5.74, 6) is 0.687. The molecule has 1 saturated carbocycles. The third-order valence-electron chi connectivity index (χ3n) is 4.60. The van der Waals surface area contributed by atoms with Gasteiger partial charge in [-0.05, 0) is 51.3 Å². The number of para-hydroxylation sites is 2. The summed E-state index contributed by atoms with van der Waals surface area (Å²) in [6.45, 7) is 6.67. The Morgan fingerprint density at radius 1 is 1.12 bits per heavy atom. The molecule has 0 unspecified atom stereocenters. The molecular formula is C21H26N2O2. The molecule has 132 valence electrons. The molecule has 25 heavy (non-hydrogen) atoms. The molecule has 0 atom stereocenters. The van der Waals surface area contributed by atoms with Crippen LogP contribution in [0, 0.1) is 6.92 Å². The Bertz CT molecular complexity index is 734. The highest BCUT2D eigenvalue weighted by molar-refractivity contribution is 5.91. The molecule has 1 aliphatic rings. The molecule has 0 radical (unpaired) electrons. The lowest BCUT2D eigenvalue weighted by Gasteiger charge is -2.18. The zero-order valence-electron chi connectivity index (χ0n) is 15.1. The van der Waals surface area contributed by atoms with Crippen molar-refractivity contribution in [3.05, 3.63) is 59.7 Å². The van der Waals surface area contributed by atoms with Crippen LogP contribution in [0.5, 0.6) is 5.75 Å². The molecule has 1 fully saturated rings. The third-order valence-corrected chi connectivity index (χ3v) is 4.60. The van der Waals surface area contributed by atoms with Crippen molar-refractivity contribution in [2.75, 3.05) is 11.9 Å². The molecule has 0 spiro atoms. The van der Waals surface area contributed by atoms with Crippen LogP contribution >= 0.6 is 0 Å². The van der Waals surface area contributed by atoms with Gasteiger partial charge in [-0.15, -0.1) is 0 Å². The van der Waals surface area contributed by atoms with Crippen LogP contribution in [0.3, 0.4) is 0 Å². The first-order valence-corrected chi connectivity index (χ1v) is 8.86. The molecule has 2 aromatic rings. The second kappa shape index (κ2) is 7.18. The molecule has 0 aromatic heterocycles. The quantitative estimate of drug-likeness (QED) is 0.806. The Hall–Kier alpha value is -2.49. The number of anilines is 1. The van der Waals surface area contributed by atoms with Crippen LogP contribution in [0.4, 0.5) is 10.5 Å². The fraction of sp³-hybridized carbons (Fsp3) is 0.381. The van der Waals surface area contributed by atoms with E-state index in [0.29, 0.717) is 18.0 Å². The predicted octanol–water partition coefficient (Wildman–Crippen LogP) is 4.64. The highest BCUT2D eigenvalue weighted by atomic mass is 16.5. The summed E-state index contributed by atoms with van der Waals surface area (Å²) < 4.78 is 5.74. The molecule has 2 N–H and O–H groups in total. The summed E-state index contributed by atoms with van der Waals surface area (Å²) in [5.41, 5.74) is 3.35. The monoisotopic (exact) mass is 338 g/mol. The van der Waals surface area contributed by atoms with Crippen molar-refractivity contribution in [2.45, 2.75) is 45.1 Å². The molecule has 2 amide bonds. The molecule has 0 bridgehead atoms. The number of urea groups is 1. The van der Waals surface area contributed by atoms with Gasteiger partial charge in [0, 0.05) is 12.0 Å². The highest BCUT2D eigenvalue weighted by Crippen LogP contribution is 2.47. The van der Waals surface area contributed by atoms with Crippen LogP contribution in [-0.4, -0.2) is 18.7 Å². The minimum Gasteiger partial charge on any atom is -0.489 e. The number of carbonyl (C=O) groups is 1. The van der Waals surface area contributed by atoms with E-state index in [4.69, 9.17) is 4.74 Å². The van der Waals surface area contributed by atoms with Crippen molar-refractivity contribution < 1.29 is 9.53 Å². The fourth-order valence-corrected chi connectivity index (χ4v) is 2.97. The second-order valence-electron chi connectivity index (χ2n) is 7.12. The Labute approximate surface area is 149 Å². The average Bonchev–Trinajstić information content (AvgIpc) is 3.36. The fourth-order valence-electron chi connectivity index (χ4n) is 2.97. The number of rotatable bonds is 6. The summed E-state index contributed by atoms with van der Waals surface area (Å²) in [7, 11) is 0. The SMILES string of the molecule is Cc1ccc(C2(CNC(=O)Nc3ccccc3OC(C)C)CC2)cc1. The smallest absolute Gasteiger partial charge is 0.319 e. The van der Waals surface area contributed by atoms with E-state index in [1.165, 1.54) is 11.1 Å². The first kappa shape index (κ1) is 17.3. The minimum atomic E-state index is -0.196. The van der Waals surface area contributed by atoms with Gasteiger partial charge in [-0.3, -0.25) is 0 Å². The molecule has 3 rings (SSSR count). The molecule has 1 aliphatic carbocycles. The summed E-state index contributed by atoms with van der Waals surface area (Å²) in [6.07, 6.45) is 2.29. The van der Waals surface area contributed by atoms with E-state index in [1.54, 1.807) is 0 Å². The Kier molecular flexibility index (Phi) is 4.98. The molecular weight excluding hydrogens is 312 g/mol. The number of carbonyl (C=O) groups excluding carboxylic acids is 1. The van der Waals surface area contributed by atoms with Crippen molar-refractivity contribution >= 4 is 11.7 Å². The molecule has 2 aromatic carbocycles. The number of amides is 2. The van der Waals surface area contributed by atoms with Gasteiger partial charge in [0.05, 0.1) is 11.8 Å². The first-order valence-electron chi connectivity index (χ1n) is 8.86. The maximum Gasteiger partial charge on any atom is 0.319 e. The Morgan fingerprint density at radius 3 is 2.44 bits per heavy atom. The summed E-state index contributed by atoms with van der Waals surface area (Å²) >= 11 is 0. The Balaban J connectivity index is 1.60. The standard InChI is InChI=1S/C21H26N2O2/c1-15(2)25-19-7-5-4-6-18(19)23-20(24)22-14-21(12-13-21)17-10-8-16(3)9-11-17/h4-11,15H,12-14H2,1-3H3,(H2,22,23,24). The van der Waals surface area contributed by atoms with Crippen LogP contribution in [-0.2, 0) is 5.41 Å². The van der Waals surface area contributed by atoms with E-state index in [-0.39, 0.29) is 17.6 Å². The lowest BCUT2D eigenvalue weighted by atomic mass is 9.95. The number of benzene rings is 2. The van der Waals surface area contributed by atoms with Crippen molar-refractivity contribution in [1.82, 2.24) is 5.32 Å². The topological polar surface area (TPSA) is 50.4 Å². The Morgan fingerprint density at radius 2 is 1.80 bits per heavy atom. The van der Waals surface area contributed by atoms with Gasteiger partial charge >= 0.3 is 6.03 Å². The van der Waals surface area contributed by atoms with E-state index in [1.807, 2.05) is 38.1 Å². The first-order chi connectivity index (χ1) is 12.0. The largest absolute Gasteiger partial charge is 0.489 e. The van der Waals surface area contributed by atoms with E-state index >= 15 is 0 Å². The number of ether oxygens (including phenoxy) is 1. The number of hydrogen-bond donors (Lipinski definition) is 2. The zero-order valence-corrected chi connectivity index (χ0v) is 15.1. The van der Waals surface area contributed by atoms with Crippen molar-refractivity contribution in [1.29, 1.82) is 0 Å². The van der Waals surface area contributed by atoms with Gasteiger partial charge in [-0.25, -0.2) is 4.79 Å². The lowest BCUT2D eigenvalue weighted by molar-refractivity contribution is 0.241. The van der Waals surface area contributed by atoms with Gasteiger partial charge in [0.25, 0.3) is 0 Å². The van der Waals surface area contributed by atoms with E-state index in [9.17, 15) is 4.79 Å². The summed E-state index contributed by atoms with van der Waals surface area (Å²) in [4.78, 5) is 12.3. The zero-order chi connectivity index (χ0) is 17.9. The maximum absolute atomic E-state index is 12.3. The number of hydrogen-bond acceptors (Lipinski definition) is 2. The van der Waals surface area contributed by atoms with Gasteiger partial charge in [0.1, 0.15) is 5.75 Å². The normalized spacial score (nSPS) is 14.9.